The summed E-state index contributed by atoms with van der Waals surface area (Å²) in [5.41, 5.74) is 5.86. The maximum Gasteiger partial charge on any atom is 0.239 e. The molecule has 0 aromatic rings. The molecule has 1 aliphatic heterocycles. The predicted octanol–water partition coefficient (Wildman–Crippen LogP) is 1.11. The van der Waals surface area contributed by atoms with Crippen LogP contribution < -0.4 is 5.73 Å². The minimum atomic E-state index is -0.824. The number of rotatable bonds is 2. The van der Waals surface area contributed by atoms with E-state index in [2.05, 4.69) is 0 Å². The zero-order chi connectivity index (χ0) is 10.1. The second-order valence-electron chi connectivity index (χ2n) is 4.41. The van der Waals surface area contributed by atoms with Crippen molar-refractivity contribution < 1.29 is 9.18 Å². The zero-order valence-electron chi connectivity index (χ0n) is 8.69. The molecule has 0 unspecified atom stereocenters. The highest BCUT2D eigenvalue weighted by Gasteiger charge is 2.36. The Balaban J connectivity index is 0.00000112. The van der Waals surface area contributed by atoms with Gasteiger partial charge in [-0.25, -0.2) is 4.39 Å². The van der Waals surface area contributed by atoms with Crippen molar-refractivity contribution in [2.45, 2.75) is 37.9 Å². The molecule has 2 fully saturated rings. The van der Waals surface area contributed by atoms with Gasteiger partial charge in [0.15, 0.2) is 0 Å². The van der Waals surface area contributed by atoms with Crippen molar-refractivity contribution in [2.24, 2.45) is 11.7 Å². The number of amides is 1. The molecule has 3 nitrogen and oxygen atoms in total. The van der Waals surface area contributed by atoms with Gasteiger partial charge >= 0.3 is 0 Å². The molecule has 0 bridgehead atoms. The Morgan fingerprint density at radius 1 is 1.33 bits per heavy atom. The number of hydrogen-bond acceptors (Lipinski definition) is 2. The number of hydrogen-bond donors (Lipinski definition) is 1. The monoisotopic (exact) mass is 236 g/mol. The van der Waals surface area contributed by atoms with Gasteiger partial charge < -0.3 is 10.6 Å². The van der Waals surface area contributed by atoms with Gasteiger partial charge in [-0.1, -0.05) is 12.8 Å². The summed E-state index contributed by atoms with van der Waals surface area (Å²) in [6.07, 6.45) is 3.64. The molecule has 0 aromatic carbocycles. The largest absolute Gasteiger partial charge is 0.335 e. The fourth-order valence-electron chi connectivity index (χ4n) is 2.33. The molecular formula is C10H18ClFN2O. The Bertz CT molecular complexity index is 227. The van der Waals surface area contributed by atoms with Crippen molar-refractivity contribution in [3.05, 3.63) is 0 Å². The first-order valence-corrected chi connectivity index (χ1v) is 5.37. The lowest BCUT2D eigenvalue weighted by atomic mass is 9.96. The molecule has 1 saturated carbocycles. The standard InChI is InChI=1S/C10H17FN2O.ClH/c11-8-5-13(6-8)10(14)9(12)7-3-1-2-4-7;/h7-9H,1-6,12H2;1H/t9-;/m0./s1. The van der Waals surface area contributed by atoms with Gasteiger partial charge in [-0.2, -0.15) is 0 Å². The summed E-state index contributed by atoms with van der Waals surface area (Å²) in [5, 5.41) is 0. The lowest BCUT2D eigenvalue weighted by molar-refractivity contribution is -0.140. The molecule has 1 saturated heterocycles. The number of carbonyl (C=O) groups excluding carboxylic acids is 1. The van der Waals surface area contributed by atoms with E-state index in [4.69, 9.17) is 5.73 Å². The van der Waals surface area contributed by atoms with Crippen LogP contribution in [0.1, 0.15) is 25.7 Å². The third-order valence-electron chi connectivity index (χ3n) is 3.34. The molecule has 0 aromatic heterocycles. The van der Waals surface area contributed by atoms with Gasteiger partial charge in [0.1, 0.15) is 6.17 Å². The van der Waals surface area contributed by atoms with Crippen LogP contribution in [0.15, 0.2) is 0 Å². The van der Waals surface area contributed by atoms with Crippen LogP contribution in [0.3, 0.4) is 0 Å². The minimum absolute atomic E-state index is 0. The average molecular weight is 237 g/mol. The van der Waals surface area contributed by atoms with E-state index in [1.165, 1.54) is 17.7 Å². The molecule has 1 amide bonds. The van der Waals surface area contributed by atoms with E-state index in [1.54, 1.807) is 0 Å². The predicted molar refractivity (Wildman–Crippen MR) is 58.7 cm³/mol. The molecule has 0 radical (unpaired) electrons. The topological polar surface area (TPSA) is 46.3 Å². The first kappa shape index (κ1) is 12.7. The molecule has 15 heavy (non-hydrogen) atoms. The number of nitrogens with zero attached hydrogens (tertiary/aromatic N) is 1. The second kappa shape index (κ2) is 5.12. The Kier molecular flexibility index (Phi) is 4.34. The van der Waals surface area contributed by atoms with Crippen LogP contribution in [0.4, 0.5) is 4.39 Å². The summed E-state index contributed by atoms with van der Waals surface area (Å²) < 4.78 is 12.5. The first-order chi connectivity index (χ1) is 6.68. The van der Waals surface area contributed by atoms with Crippen molar-refractivity contribution in [1.82, 2.24) is 4.90 Å². The number of alkyl halides is 1. The van der Waals surface area contributed by atoms with Crippen LogP contribution in [0.2, 0.25) is 0 Å². The molecule has 2 aliphatic rings. The van der Waals surface area contributed by atoms with Crippen LogP contribution in [0, 0.1) is 5.92 Å². The summed E-state index contributed by atoms with van der Waals surface area (Å²) in [7, 11) is 0. The maximum absolute atomic E-state index is 12.5. The number of nitrogens with two attached hydrogens (primary N) is 1. The molecule has 5 heteroatoms. The molecule has 2 N–H and O–H groups in total. The van der Waals surface area contributed by atoms with Crippen molar-refractivity contribution in [3.63, 3.8) is 0 Å². The third kappa shape index (κ3) is 2.61. The Hall–Kier alpha value is -0.350. The van der Waals surface area contributed by atoms with Gasteiger partial charge in [-0.3, -0.25) is 4.79 Å². The Morgan fingerprint density at radius 2 is 1.87 bits per heavy atom. The molecular weight excluding hydrogens is 219 g/mol. The van der Waals surface area contributed by atoms with Crippen LogP contribution in [-0.4, -0.2) is 36.1 Å². The van der Waals surface area contributed by atoms with E-state index in [-0.39, 0.29) is 37.4 Å². The summed E-state index contributed by atoms with van der Waals surface area (Å²) in [4.78, 5) is 13.2. The van der Waals surface area contributed by atoms with E-state index in [0.29, 0.717) is 5.92 Å². The van der Waals surface area contributed by atoms with Crippen molar-refractivity contribution in [3.8, 4) is 0 Å². The lowest BCUT2D eigenvalue weighted by Crippen LogP contribution is -2.57. The Morgan fingerprint density at radius 3 is 2.33 bits per heavy atom. The number of likely N-dealkylation sites (tertiary alicyclic amines) is 1. The smallest absolute Gasteiger partial charge is 0.239 e. The van der Waals surface area contributed by atoms with Gasteiger partial charge in [0, 0.05) is 0 Å². The second-order valence-corrected chi connectivity index (χ2v) is 4.41. The number of carbonyl (C=O) groups is 1. The summed E-state index contributed by atoms with van der Waals surface area (Å²) in [6.45, 7) is 0.499. The molecule has 0 spiro atoms. The van der Waals surface area contributed by atoms with Crippen molar-refractivity contribution >= 4 is 18.3 Å². The summed E-state index contributed by atoms with van der Waals surface area (Å²) in [6, 6.07) is -0.384. The maximum atomic E-state index is 12.5. The highest BCUT2D eigenvalue weighted by Crippen LogP contribution is 2.28. The molecule has 1 aliphatic carbocycles. The van der Waals surface area contributed by atoms with E-state index >= 15 is 0 Å². The van der Waals surface area contributed by atoms with Gasteiger partial charge in [-0.15, -0.1) is 12.4 Å². The van der Waals surface area contributed by atoms with E-state index in [1.807, 2.05) is 0 Å². The fourth-order valence-corrected chi connectivity index (χ4v) is 2.33. The van der Waals surface area contributed by atoms with Crippen molar-refractivity contribution in [2.75, 3.05) is 13.1 Å². The molecule has 1 heterocycles. The van der Waals surface area contributed by atoms with Gasteiger partial charge in [0.25, 0.3) is 0 Å². The number of halogens is 2. The van der Waals surface area contributed by atoms with Crippen LogP contribution in [0.5, 0.6) is 0 Å². The van der Waals surface area contributed by atoms with E-state index < -0.39 is 6.17 Å². The average Bonchev–Trinajstić information content (AvgIpc) is 2.63. The SMILES string of the molecule is Cl.N[C@H](C(=O)N1CC(F)C1)C1CCCC1. The zero-order valence-corrected chi connectivity index (χ0v) is 9.51. The summed E-state index contributed by atoms with van der Waals surface area (Å²) in [5.74, 6) is 0.284. The van der Waals surface area contributed by atoms with Gasteiger partial charge in [-0.05, 0) is 18.8 Å². The first-order valence-electron chi connectivity index (χ1n) is 5.37. The quantitative estimate of drug-likeness (QED) is 0.781. The highest BCUT2D eigenvalue weighted by atomic mass is 35.5. The lowest BCUT2D eigenvalue weighted by Gasteiger charge is -2.37. The third-order valence-corrected chi connectivity index (χ3v) is 3.34. The minimum Gasteiger partial charge on any atom is -0.335 e. The highest BCUT2D eigenvalue weighted by molar-refractivity contribution is 5.85. The van der Waals surface area contributed by atoms with E-state index in [0.717, 1.165) is 12.8 Å². The summed E-state index contributed by atoms with van der Waals surface area (Å²) >= 11 is 0. The fraction of sp³-hybridized carbons (Fsp3) is 0.900. The van der Waals surface area contributed by atoms with Crippen LogP contribution >= 0.6 is 12.4 Å². The normalized spacial score (nSPS) is 24.5. The molecule has 2 rings (SSSR count). The van der Waals surface area contributed by atoms with Crippen LogP contribution in [-0.2, 0) is 4.79 Å². The van der Waals surface area contributed by atoms with Crippen molar-refractivity contribution in [1.29, 1.82) is 0 Å². The molecule has 1 atom stereocenters. The van der Waals surface area contributed by atoms with Gasteiger partial charge in [0.2, 0.25) is 5.91 Å². The van der Waals surface area contributed by atoms with Crippen LogP contribution in [0.25, 0.3) is 0 Å². The Labute approximate surface area is 95.6 Å². The van der Waals surface area contributed by atoms with E-state index in [9.17, 15) is 9.18 Å². The van der Waals surface area contributed by atoms with Gasteiger partial charge in [0.05, 0.1) is 19.1 Å². The molecule has 88 valence electrons.